The standard InChI is InChI=1S/C13H16N2/c1-9-2-5-13-10(6-9)7-12(8-14)15(13)11-3-4-11/h2,5-7,11H,3-4,8,14H2,1H3. The molecule has 0 bridgehead atoms. The van der Waals surface area contributed by atoms with Crippen molar-refractivity contribution in [2.45, 2.75) is 32.4 Å². The van der Waals surface area contributed by atoms with Crippen LogP contribution in [0.5, 0.6) is 0 Å². The molecule has 0 radical (unpaired) electrons. The molecule has 1 aromatic heterocycles. The monoisotopic (exact) mass is 200 g/mol. The summed E-state index contributed by atoms with van der Waals surface area (Å²) in [7, 11) is 0. The minimum Gasteiger partial charge on any atom is -0.340 e. The van der Waals surface area contributed by atoms with Crippen LogP contribution < -0.4 is 5.73 Å². The van der Waals surface area contributed by atoms with Gasteiger partial charge in [0.1, 0.15) is 0 Å². The molecule has 2 aromatic rings. The van der Waals surface area contributed by atoms with E-state index in [1.807, 2.05) is 0 Å². The number of aromatic nitrogens is 1. The Morgan fingerprint density at radius 2 is 2.13 bits per heavy atom. The van der Waals surface area contributed by atoms with E-state index < -0.39 is 0 Å². The van der Waals surface area contributed by atoms with Crippen LogP contribution in [0.15, 0.2) is 24.3 Å². The Kier molecular flexibility index (Phi) is 1.86. The van der Waals surface area contributed by atoms with Gasteiger partial charge in [0.05, 0.1) is 0 Å². The van der Waals surface area contributed by atoms with Crippen LogP contribution in [-0.4, -0.2) is 4.57 Å². The summed E-state index contributed by atoms with van der Waals surface area (Å²) in [5.41, 5.74) is 9.74. The van der Waals surface area contributed by atoms with Crippen molar-refractivity contribution < 1.29 is 0 Å². The van der Waals surface area contributed by atoms with Gasteiger partial charge < -0.3 is 10.3 Å². The summed E-state index contributed by atoms with van der Waals surface area (Å²) >= 11 is 0. The molecule has 0 amide bonds. The van der Waals surface area contributed by atoms with Crippen molar-refractivity contribution >= 4 is 10.9 Å². The summed E-state index contributed by atoms with van der Waals surface area (Å²) in [6.45, 7) is 2.78. The number of hydrogen-bond donors (Lipinski definition) is 1. The van der Waals surface area contributed by atoms with Crippen LogP contribution in [0.25, 0.3) is 10.9 Å². The molecule has 0 saturated heterocycles. The smallest absolute Gasteiger partial charge is 0.0485 e. The maximum atomic E-state index is 5.80. The molecule has 78 valence electrons. The number of rotatable bonds is 2. The van der Waals surface area contributed by atoms with Gasteiger partial charge in [0.25, 0.3) is 0 Å². The summed E-state index contributed by atoms with van der Waals surface area (Å²) in [5.74, 6) is 0. The van der Waals surface area contributed by atoms with Gasteiger partial charge in [-0.25, -0.2) is 0 Å². The van der Waals surface area contributed by atoms with Crippen LogP contribution >= 0.6 is 0 Å². The van der Waals surface area contributed by atoms with Crippen LogP contribution in [-0.2, 0) is 6.54 Å². The second kappa shape index (κ2) is 3.11. The van der Waals surface area contributed by atoms with Crippen molar-refractivity contribution in [3.8, 4) is 0 Å². The zero-order valence-electron chi connectivity index (χ0n) is 9.03. The van der Waals surface area contributed by atoms with Gasteiger partial charge in [-0.3, -0.25) is 0 Å². The highest BCUT2D eigenvalue weighted by Gasteiger charge is 2.26. The zero-order valence-corrected chi connectivity index (χ0v) is 9.03. The molecule has 0 spiro atoms. The van der Waals surface area contributed by atoms with Gasteiger partial charge >= 0.3 is 0 Å². The Labute approximate surface area is 89.7 Å². The average molecular weight is 200 g/mol. The minimum absolute atomic E-state index is 0.643. The molecule has 2 heteroatoms. The van der Waals surface area contributed by atoms with Crippen LogP contribution in [0.2, 0.25) is 0 Å². The van der Waals surface area contributed by atoms with Crippen LogP contribution in [0.3, 0.4) is 0 Å². The summed E-state index contributed by atoms with van der Waals surface area (Å²) in [4.78, 5) is 0. The Bertz CT molecular complexity index is 506. The van der Waals surface area contributed by atoms with Crippen LogP contribution in [0, 0.1) is 6.92 Å². The largest absolute Gasteiger partial charge is 0.340 e. The Morgan fingerprint density at radius 1 is 1.33 bits per heavy atom. The van der Waals surface area contributed by atoms with E-state index in [1.165, 1.54) is 35.0 Å². The lowest BCUT2D eigenvalue weighted by Gasteiger charge is -2.07. The Hall–Kier alpha value is -1.28. The normalized spacial score (nSPS) is 16.1. The number of aryl methyl sites for hydroxylation is 1. The topological polar surface area (TPSA) is 30.9 Å². The molecule has 1 fully saturated rings. The first-order valence-electron chi connectivity index (χ1n) is 5.60. The van der Waals surface area contributed by atoms with Gasteiger partial charge in [0.2, 0.25) is 0 Å². The van der Waals surface area contributed by atoms with Gasteiger partial charge in [-0.1, -0.05) is 11.6 Å². The van der Waals surface area contributed by atoms with Crippen molar-refractivity contribution in [2.75, 3.05) is 0 Å². The molecule has 3 rings (SSSR count). The maximum absolute atomic E-state index is 5.80. The fourth-order valence-corrected chi connectivity index (χ4v) is 2.33. The van der Waals surface area contributed by atoms with E-state index in [1.54, 1.807) is 0 Å². The molecular weight excluding hydrogens is 184 g/mol. The Balaban J connectivity index is 2.28. The summed E-state index contributed by atoms with van der Waals surface area (Å²) in [6.07, 6.45) is 2.62. The molecule has 15 heavy (non-hydrogen) atoms. The lowest BCUT2D eigenvalue weighted by Crippen LogP contribution is -2.05. The van der Waals surface area contributed by atoms with Crippen LogP contribution in [0.4, 0.5) is 0 Å². The van der Waals surface area contributed by atoms with Gasteiger partial charge in [-0.05, 0) is 38.0 Å². The first-order chi connectivity index (χ1) is 7.29. The molecule has 0 unspecified atom stereocenters. The first kappa shape index (κ1) is 8.98. The predicted molar refractivity (Wildman–Crippen MR) is 62.8 cm³/mol. The number of fused-ring (bicyclic) bond motifs is 1. The summed E-state index contributed by atoms with van der Waals surface area (Å²) < 4.78 is 2.43. The number of hydrogen-bond acceptors (Lipinski definition) is 1. The van der Waals surface area contributed by atoms with E-state index in [9.17, 15) is 0 Å². The van der Waals surface area contributed by atoms with Crippen LogP contribution in [0.1, 0.15) is 30.1 Å². The first-order valence-corrected chi connectivity index (χ1v) is 5.60. The molecule has 1 saturated carbocycles. The highest BCUT2D eigenvalue weighted by molar-refractivity contribution is 5.82. The van der Waals surface area contributed by atoms with Crippen molar-refractivity contribution in [3.63, 3.8) is 0 Å². The summed E-state index contributed by atoms with van der Waals surface area (Å²) in [6, 6.07) is 9.60. The molecule has 1 aromatic carbocycles. The fourth-order valence-electron chi connectivity index (χ4n) is 2.33. The third kappa shape index (κ3) is 1.37. The highest BCUT2D eigenvalue weighted by atomic mass is 15.1. The zero-order chi connectivity index (χ0) is 10.4. The minimum atomic E-state index is 0.643. The molecule has 1 heterocycles. The van der Waals surface area contributed by atoms with Crippen molar-refractivity contribution in [1.82, 2.24) is 4.57 Å². The molecule has 1 aliphatic carbocycles. The quantitative estimate of drug-likeness (QED) is 0.794. The van der Waals surface area contributed by atoms with Crippen molar-refractivity contribution in [2.24, 2.45) is 5.73 Å². The highest BCUT2D eigenvalue weighted by Crippen LogP contribution is 2.39. The van der Waals surface area contributed by atoms with Gasteiger partial charge in [-0.2, -0.15) is 0 Å². The molecule has 1 aliphatic rings. The fraction of sp³-hybridized carbons (Fsp3) is 0.385. The molecular formula is C13H16N2. The maximum Gasteiger partial charge on any atom is 0.0485 e. The SMILES string of the molecule is Cc1ccc2c(c1)cc(CN)n2C1CC1. The van der Waals surface area contributed by atoms with Gasteiger partial charge in [-0.15, -0.1) is 0 Å². The van der Waals surface area contributed by atoms with Gasteiger partial charge in [0.15, 0.2) is 0 Å². The van der Waals surface area contributed by atoms with E-state index in [4.69, 9.17) is 5.73 Å². The molecule has 0 atom stereocenters. The third-order valence-electron chi connectivity index (χ3n) is 3.20. The van der Waals surface area contributed by atoms with E-state index in [0.29, 0.717) is 12.6 Å². The van der Waals surface area contributed by atoms with E-state index in [2.05, 4.69) is 35.8 Å². The number of nitrogens with two attached hydrogens (primary N) is 1. The third-order valence-corrected chi connectivity index (χ3v) is 3.20. The molecule has 2 N–H and O–H groups in total. The predicted octanol–water partition coefficient (Wildman–Crippen LogP) is 2.74. The van der Waals surface area contributed by atoms with Gasteiger partial charge in [0, 0.05) is 29.2 Å². The second-order valence-corrected chi connectivity index (χ2v) is 4.50. The molecule has 0 aliphatic heterocycles. The van der Waals surface area contributed by atoms with E-state index >= 15 is 0 Å². The number of benzene rings is 1. The lowest BCUT2D eigenvalue weighted by atomic mass is 10.2. The van der Waals surface area contributed by atoms with E-state index in [-0.39, 0.29) is 0 Å². The van der Waals surface area contributed by atoms with Crippen molar-refractivity contribution in [1.29, 1.82) is 0 Å². The molecule has 2 nitrogen and oxygen atoms in total. The summed E-state index contributed by atoms with van der Waals surface area (Å²) in [5, 5.41) is 1.34. The number of nitrogens with zero attached hydrogens (tertiary/aromatic N) is 1. The second-order valence-electron chi connectivity index (χ2n) is 4.50. The van der Waals surface area contributed by atoms with E-state index in [0.717, 1.165) is 0 Å². The Morgan fingerprint density at radius 3 is 2.80 bits per heavy atom. The lowest BCUT2D eigenvalue weighted by molar-refractivity contribution is 0.721. The average Bonchev–Trinajstić information content (AvgIpc) is 2.99. The van der Waals surface area contributed by atoms with Crippen molar-refractivity contribution in [3.05, 3.63) is 35.5 Å².